The minimum Gasteiger partial charge on any atom is -0.312 e. The third-order valence-corrected chi connectivity index (χ3v) is 4.82. The van der Waals surface area contributed by atoms with Gasteiger partial charge in [0.05, 0.1) is 0 Å². The van der Waals surface area contributed by atoms with Crippen LogP contribution in [-0.2, 0) is 6.42 Å². The molecule has 0 saturated heterocycles. The molecule has 2 nitrogen and oxygen atoms in total. The van der Waals surface area contributed by atoms with E-state index in [1.54, 1.807) is 0 Å². The summed E-state index contributed by atoms with van der Waals surface area (Å²) in [5.41, 5.74) is 0.261. The molecule has 21 heavy (non-hydrogen) atoms. The minimum atomic E-state index is 0.261. The average Bonchev–Trinajstić information content (AvgIpc) is 2.88. The van der Waals surface area contributed by atoms with Gasteiger partial charge in [0, 0.05) is 16.5 Å². The van der Waals surface area contributed by atoms with E-state index >= 15 is 0 Å². The first kappa shape index (κ1) is 18.7. The monoisotopic (exact) mass is 310 g/mol. The molecule has 0 aliphatic carbocycles. The summed E-state index contributed by atoms with van der Waals surface area (Å²) in [4.78, 5) is 4.01. The molecule has 1 aromatic heterocycles. The second kappa shape index (κ2) is 9.60. The van der Waals surface area contributed by atoms with Crippen LogP contribution in [0.5, 0.6) is 0 Å². The molecule has 0 bridgehead atoms. The molecule has 1 aromatic rings. The molecule has 0 fully saturated rings. The van der Waals surface area contributed by atoms with Crippen LogP contribution in [0.25, 0.3) is 0 Å². The zero-order chi connectivity index (χ0) is 15.7. The van der Waals surface area contributed by atoms with Crippen LogP contribution in [0.3, 0.4) is 0 Å². The summed E-state index contributed by atoms with van der Waals surface area (Å²) >= 11 is 1.87. The van der Waals surface area contributed by atoms with Gasteiger partial charge in [0.15, 0.2) is 0 Å². The number of nitrogens with one attached hydrogen (secondary N) is 1. The SMILES string of the molecule is CC(Cc1cccs1)N(C)CCCCCCNC(C)(C)C. The van der Waals surface area contributed by atoms with E-state index in [4.69, 9.17) is 0 Å². The van der Waals surface area contributed by atoms with Gasteiger partial charge in [0.1, 0.15) is 0 Å². The van der Waals surface area contributed by atoms with E-state index in [0.717, 1.165) is 6.54 Å². The molecule has 0 amide bonds. The van der Waals surface area contributed by atoms with Gasteiger partial charge in [-0.25, -0.2) is 0 Å². The maximum Gasteiger partial charge on any atom is 0.0112 e. The molecule has 1 unspecified atom stereocenters. The average molecular weight is 311 g/mol. The summed E-state index contributed by atoms with van der Waals surface area (Å²) in [6.45, 7) is 11.4. The van der Waals surface area contributed by atoms with E-state index < -0.39 is 0 Å². The van der Waals surface area contributed by atoms with Crippen molar-refractivity contribution >= 4 is 11.3 Å². The molecule has 0 aliphatic heterocycles. The van der Waals surface area contributed by atoms with Crippen LogP contribution in [0.2, 0.25) is 0 Å². The van der Waals surface area contributed by atoms with Gasteiger partial charge >= 0.3 is 0 Å². The van der Waals surface area contributed by atoms with Crippen LogP contribution in [0.4, 0.5) is 0 Å². The molecule has 1 rings (SSSR count). The highest BCUT2D eigenvalue weighted by molar-refractivity contribution is 7.09. The number of unbranched alkanes of at least 4 members (excludes halogenated alkanes) is 3. The van der Waals surface area contributed by atoms with Crippen molar-refractivity contribution in [2.45, 2.75) is 71.4 Å². The maximum atomic E-state index is 3.56. The van der Waals surface area contributed by atoms with Gasteiger partial charge in [-0.2, -0.15) is 0 Å². The molecule has 3 heteroatoms. The highest BCUT2D eigenvalue weighted by Crippen LogP contribution is 2.14. The van der Waals surface area contributed by atoms with E-state index in [9.17, 15) is 0 Å². The van der Waals surface area contributed by atoms with Gasteiger partial charge in [-0.3, -0.25) is 0 Å². The second-order valence-electron chi connectivity index (χ2n) is 7.20. The van der Waals surface area contributed by atoms with Crippen LogP contribution >= 0.6 is 11.3 Å². The predicted octanol–water partition coefficient (Wildman–Crippen LogP) is 4.56. The molecule has 122 valence electrons. The molecule has 1 N–H and O–H groups in total. The van der Waals surface area contributed by atoms with Crippen LogP contribution in [0, 0.1) is 0 Å². The fourth-order valence-electron chi connectivity index (χ4n) is 2.40. The summed E-state index contributed by atoms with van der Waals surface area (Å²) < 4.78 is 0. The first-order chi connectivity index (χ1) is 9.88. The zero-order valence-electron chi connectivity index (χ0n) is 14.6. The van der Waals surface area contributed by atoms with E-state index in [1.165, 1.54) is 43.5 Å². The number of nitrogens with zero attached hydrogens (tertiary/aromatic N) is 1. The first-order valence-electron chi connectivity index (χ1n) is 8.36. The van der Waals surface area contributed by atoms with Crippen molar-refractivity contribution in [3.05, 3.63) is 22.4 Å². The number of rotatable bonds is 10. The van der Waals surface area contributed by atoms with Gasteiger partial charge in [0.2, 0.25) is 0 Å². The summed E-state index contributed by atoms with van der Waals surface area (Å²) in [6, 6.07) is 5.04. The standard InChI is InChI=1S/C18H34N2S/c1-16(15-17-11-10-14-21-17)20(5)13-9-7-6-8-12-19-18(2,3)4/h10-11,14,16,19H,6-9,12-13,15H2,1-5H3. The highest BCUT2D eigenvalue weighted by Gasteiger charge is 2.10. The Morgan fingerprint density at radius 1 is 1.19 bits per heavy atom. The second-order valence-corrected chi connectivity index (χ2v) is 8.24. The number of likely N-dealkylation sites (N-methyl/N-ethyl adjacent to an activating group) is 1. The van der Waals surface area contributed by atoms with Gasteiger partial charge in [-0.05, 0) is 78.5 Å². The number of hydrogen-bond acceptors (Lipinski definition) is 3. The molecule has 0 radical (unpaired) electrons. The smallest absolute Gasteiger partial charge is 0.0112 e. The topological polar surface area (TPSA) is 15.3 Å². The van der Waals surface area contributed by atoms with Gasteiger partial charge in [-0.1, -0.05) is 18.9 Å². The summed E-state index contributed by atoms with van der Waals surface area (Å²) in [7, 11) is 2.26. The van der Waals surface area contributed by atoms with E-state index in [1.807, 2.05) is 11.3 Å². The van der Waals surface area contributed by atoms with Crippen LogP contribution < -0.4 is 5.32 Å². The van der Waals surface area contributed by atoms with Gasteiger partial charge in [0.25, 0.3) is 0 Å². The molecule has 0 spiro atoms. The molecule has 1 atom stereocenters. The lowest BCUT2D eigenvalue weighted by molar-refractivity contribution is 0.251. The van der Waals surface area contributed by atoms with Crippen molar-refractivity contribution in [1.29, 1.82) is 0 Å². The summed E-state index contributed by atoms with van der Waals surface area (Å²) in [5.74, 6) is 0. The quantitative estimate of drug-likeness (QED) is 0.637. The number of thiophene rings is 1. The Morgan fingerprint density at radius 3 is 2.52 bits per heavy atom. The van der Waals surface area contributed by atoms with Crippen molar-refractivity contribution in [2.24, 2.45) is 0 Å². The Bertz CT molecular complexity index is 354. The molecule has 0 aliphatic rings. The Labute approximate surface area is 135 Å². The lowest BCUT2D eigenvalue weighted by Gasteiger charge is -2.24. The lowest BCUT2D eigenvalue weighted by Crippen LogP contribution is -2.36. The largest absolute Gasteiger partial charge is 0.312 e. The Morgan fingerprint density at radius 2 is 1.90 bits per heavy atom. The van der Waals surface area contributed by atoms with Crippen molar-refractivity contribution in [3.8, 4) is 0 Å². The Hall–Kier alpha value is -0.380. The molecular weight excluding hydrogens is 276 g/mol. The Balaban J connectivity index is 2.01. The van der Waals surface area contributed by atoms with Crippen LogP contribution in [0.1, 0.15) is 58.3 Å². The van der Waals surface area contributed by atoms with Crippen molar-refractivity contribution in [2.75, 3.05) is 20.1 Å². The first-order valence-corrected chi connectivity index (χ1v) is 9.24. The van der Waals surface area contributed by atoms with Gasteiger partial charge in [-0.15, -0.1) is 11.3 Å². The third kappa shape index (κ3) is 9.28. The number of hydrogen-bond donors (Lipinski definition) is 1. The molecular formula is C18H34N2S. The fourth-order valence-corrected chi connectivity index (χ4v) is 3.23. The normalized spacial score (nSPS) is 13.8. The third-order valence-electron chi connectivity index (χ3n) is 3.92. The summed E-state index contributed by atoms with van der Waals surface area (Å²) in [5, 5.41) is 5.73. The predicted molar refractivity (Wildman–Crippen MR) is 96.3 cm³/mol. The van der Waals surface area contributed by atoms with E-state index in [0.29, 0.717) is 6.04 Å². The van der Waals surface area contributed by atoms with Crippen molar-refractivity contribution in [1.82, 2.24) is 10.2 Å². The maximum absolute atomic E-state index is 3.56. The van der Waals surface area contributed by atoms with Crippen LogP contribution in [0.15, 0.2) is 17.5 Å². The fraction of sp³-hybridized carbons (Fsp3) is 0.778. The van der Waals surface area contributed by atoms with E-state index in [-0.39, 0.29) is 5.54 Å². The highest BCUT2D eigenvalue weighted by atomic mass is 32.1. The minimum absolute atomic E-state index is 0.261. The van der Waals surface area contributed by atoms with Crippen molar-refractivity contribution < 1.29 is 0 Å². The van der Waals surface area contributed by atoms with E-state index in [2.05, 4.69) is 62.5 Å². The van der Waals surface area contributed by atoms with Gasteiger partial charge < -0.3 is 10.2 Å². The summed E-state index contributed by atoms with van der Waals surface area (Å²) in [6.07, 6.45) is 6.49. The van der Waals surface area contributed by atoms with Crippen LogP contribution in [-0.4, -0.2) is 36.6 Å². The molecule has 1 heterocycles. The zero-order valence-corrected chi connectivity index (χ0v) is 15.4. The molecule has 0 aromatic carbocycles. The Kier molecular flexibility index (Phi) is 8.53. The lowest BCUT2D eigenvalue weighted by atomic mass is 10.1. The molecule has 0 saturated carbocycles. The van der Waals surface area contributed by atoms with Crippen molar-refractivity contribution in [3.63, 3.8) is 0 Å².